The third-order valence-electron chi connectivity index (χ3n) is 6.19. The number of pyridine rings is 1. The molecule has 3 heterocycles. The third-order valence-corrected chi connectivity index (χ3v) is 6.19. The lowest BCUT2D eigenvalue weighted by Crippen LogP contribution is -2.34. The van der Waals surface area contributed by atoms with E-state index in [2.05, 4.69) is 42.5 Å². The molecule has 3 aromatic rings. The molecule has 1 amide bonds. The van der Waals surface area contributed by atoms with Gasteiger partial charge in [-0.05, 0) is 70.2 Å². The average molecular weight is 495 g/mol. The van der Waals surface area contributed by atoms with Crippen LogP contribution in [0, 0.1) is 0 Å². The molecule has 0 saturated carbocycles. The minimum atomic E-state index is -0.519. The number of carbonyl (C=O) groups is 1. The van der Waals surface area contributed by atoms with E-state index in [1.807, 2.05) is 43.9 Å². The quantitative estimate of drug-likeness (QED) is 0.400. The molecule has 8 heteroatoms. The number of aromatic nitrogens is 3. The Bertz CT molecular complexity index is 1160. The predicted molar refractivity (Wildman–Crippen MR) is 140 cm³/mol. The summed E-state index contributed by atoms with van der Waals surface area (Å²) >= 11 is 0. The highest BCUT2D eigenvalue weighted by Gasteiger charge is 2.22. The van der Waals surface area contributed by atoms with Gasteiger partial charge in [0.05, 0.1) is 29.4 Å². The zero-order valence-corrected chi connectivity index (χ0v) is 22.0. The van der Waals surface area contributed by atoms with Crippen molar-refractivity contribution < 1.29 is 19.0 Å². The summed E-state index contributed by atoms with van der Waals surface area (Å²) in [5.41, 5.74) is 3.30. The van der Waals surface area contributed by atoms with Crippen molar-refractivity contribution in [2.45, 2.75) is 78.0 Å². The highest BCUT2D eigenvalue weighted by molar-refractivity contribution is 5.92. The Labute approximate surface area is 213 Å². The molecule has 1 fully saturated rings. The number of ether oxygens (including phenoxy) is 3. The lowest BCUT2D eigenvalue weighted by atomic mass is 10.0. The van der Waals surface area contributed by atoms with Gasteiger partial charge in [0.1, 0.15) is 11.4 Å². The first kappa shape index (κ1) is 25.9. The van der Waals surface area contributed by atoms with E-state index in [-0.39, 0.29) is 12.1 Å². The molecule has 1 aliphatic heterocycles. The van der Waals surface area contributed by atoms with Gasteiger partial charge in [-0.15, -0.1) is 0 Å². The lowest BCUT2D eigenvalue weighted by Gasteiger charge is -2.23. The van der Waals surface area contributed by atoms with Gasteiger partial charge in [0, 0.05) is 30.8 Å². The molecule has 194 valence electrons. The normalized spacial score (nSPS) is 17.1. The number of hydrogen-bond donors (Lipinski definition) is 1. The largest absolute Gasteiger partial charge is 0.492 e. The fraction of sp³-hybridized carbons (Fsp3) is 0.536. The summed E-state index contributed by atoms with van der Waals surface area (Å²) < 4.78 is 19.5. The first-order valence-corrected chi connectivity index (χ1v) is 12.9. The zero-order chi connectivity index (χ0) is 25.7. The van der Waals surface area contributed by atoms with Crippen LogP contribution in [0.1, 0.15) is 78.0 Å². The van der Waals surface area contributed by atoms with E-state index in [0.29, 0.717) is 13.2 Å². The number of alkyl carbamates (subject to hydrolysis) is 1. The van der Waals surface area contributed by atoms with Crippen LogP contribution in [0.25, 0.3) is 22.2 Å². The van der Waals surface area contributed by atoms with Crippen LogP contribution in [0.5, 0.6) is 5.75 Å². The summed E-state index contributed by atoms with van der Waals surface area (Å²) in [5.74, 6) is 0.891. The van der Waals surface area contributed by atoms with Crippen LogP contribution >= 0.6 is 0 Å². The highest BCUT2D eigenvalue weighted by atomic mass is 16.6. The molecule has 2 atom stereocenters. The van der Waals surface area contributed by atoms with Gasteiger partial charge in [0.2, 0.25) is 0 Å². The van der Waals surface area contributed by atoms with Crippen LogP contribution in [0.3, 0.4) is 0 Å². The molecule has 2 aromatic heterocycles. The number of benzene rings is 1. The second-order valence-electron chi connectivity index (χ2n) is 10.4. The summed E-state index contributed by atoms with van der Waals surface area (Å²) in [7, 11) is 0. The fourth-order valence-electron chi connectivity index (χ4n) is 4.33. The molecule has 1 aromatic carbocycles. The van der Waals surface area contributed by atoms with Crippen molar-refractivity contribution >= 4 is 17.0 Å². The van der Waals surface area contributed by atoms with Crippen LogP contribution in [0.15, 0.2) is 36.7 Å². The van der Waals surface area contributed by atoms with Crippen molar-refractivity contribution in [2.75, 3.05) is 19.8 Å². The lowest BCUT2D eigenvalue weighted by molar-refractivity contribution is -0.0366. The minimum Gasteiger partial charge on any atom is -0.492 e. The monoisotopic (exact) mass is 494 g/mol. The van der Waals surface area contributed by atoms with E-state index in [0.717, 1.165) is 65.8 Å². The van der Waals surface area contributed by atoms with Crippen molar-refractivity contribution in [2.24, 2.45) is 0 Å². The molecule has 1 N–H and O–H groups in total. The molecule has 0 spiro atoms. The molecule has 0 bridgehead atoms. The summed E-state index contributed by atoms with van der Waals surface area (Å²) in [4.78, 5) is 16.7. The number of carbonyl (C=O) groups excluding carboxylic acids is 1. The van der Waals surface area contributed by atoms with Crippen molar-refractivity contribution in [1.29, 1.82) is 0 Å². The maximum Gasteiger partial charge on any atom is 0.407 e. The van der Waals surface area contributed by atoms with Crippen molar-refractivity contribution in [3.8, 4) is 17.0 Å². The van der Waals surface area contributed by atoms with Gasteiger partial charge < -0.3 is 19.5 Å². The Morgan fingerprint density at radius 2 is 2.06 bits per heavy atom. The predicted octanol–water partition coefficient (Wildman–Crippen LogP) is 6.21. The Hall–Kier alpha value is -3.13. The molecule has 1 saturated heterocycles. The van der Waals surface area contributed by atoms with Crippen molar-refractivity contribution in [3.63, 3.8) is 0 Å². The number of nitrogens with one attached hydrogen (secondary N) is 1. The fourth-order valence-corrected chi connectivity index (χ4v) is 4.33. The topological polar surface area (TPSA) is 87.5 Å². The molecule has 8 nitrogen and oxygen atoms in total. The molecule has 1 aliphatic rings. The van der Waals surface area contributed by atoms with E-state index < -0.39 is 11.7 Å². The van der Waals surface area contributed by atoms with Gasteiger partial charge in [-0.25, -0.2) is 9.48 Å². The smallest absolute Gasteiger partial charge is 0.407 e. The Morgan fingerprint density at radius 1 is 1.22 bits per heavy atom. The van der Waals surface area contributed by atoms with Crippen LogP contribution in [-0.2, 0) is 9.47 Å². The van der Waals surface area contributed by atoms with Crippen LogP contribution in [0.4, 0.5) is 4.79 Å². The van der Waals surface area contributed by atoms with Crippen LogP contribution in [-0.4, -0.2) is 46.2 Å². The molecule has 2 unspecified atom stereocenters. The van der Waals surface area contributed by atoms with Gasteiger partial charge in [-0.3, -0.25) is 4.98 Å². The van der Waals surface area contributed by atoms with Gasteiger partial charge in [-0.1, -0.05) is 19.9 Å². The zero-order valence-electron chi connectivity index (χ0n) is 22.0. The van der Waals surface area contributed by atoms with E-state index in [9.17, 15) is 4.79 Å². The molecule has 36 heavy (non-hydrogen) atoms. The summed E-state index contributed by atoms with van der Waals surface area (Å²) in [6.07, 6.45) is 7.41. The average Bonchev–Trinajstić information content (AvgIpc) is 3.30. The Balaban J connectivity index is 1.55. The minimum absolute atomic E-state index is 0.0330. The highest BCUT2D eigenvalue weighted by Crippen LogP contribution is 2.38. The number of hydrogen-bond acceptors (Lipinski definition) is 6. The van der Waals surface area contributed by atoms with Gasteiger partial charge in [0.15, 0.2) is 6.23 Å². The second-order valence-corrected chi connectivity index (χ2v) is 10.4. The van der Waals surface area contributed by atoms with Gasteiger partial charge in [0.25, 0.3) is 0 Å². The first-order chi connectivity index (χ1) is 17.3. The SMILES string of the molecule is CCCOc1c(-c2ccc(C(C)CNC(=O)OC(C)(C)C)cn2)ccc2c1cnn2C1CCCCO1. The molecule has 0 radical (unpaired) electrons. The Morgan fingerprint density at radius 3 is 2.72 bits per heavy atom. The number of fused-ring (bicyclic) bond motifs is 1. The molecular formula is C28H38N4O4. The maximum absolute atomic E-state index is 12.0. The summed E-state index contributed by atoms with van der Waals surface area (Å²) in [6.45, 7) is 11.6. The first-order valence-electron chi connectivity index (χ1n) is 12.9. The van der Waals surface area contributed by atoms with E-state index in [1.165, 1.54) is 0 Å². The maximum atomic E-state index is 12.0. The van der Waals surface area contributed by atoms with Gasteiger partial charge in [-0.2, -0.15) is 5.10 Å². The number of nitrogens with zero attached hydrogens (tertiary/aromatic N) is 3. The molecule has 0 aliphatic carbocycles. The third kappa shape index (κ3) is 6.16. The molecular weight excluding hydrogens is 456 g/mol. The standard InChI is InChI=1S/C28H38N4O4/c1-6-14-35-26-21(11-13-24-22(26)18-31-32(24)25-9-7-8-15-34-25)23-12-10-20(17-29-23)19(2)16-30-27(33)36-28(3,4)5/h10-13,17-19,25H,6-9,14-16H2,1-5H3,(H,30,33). The number of rotatable bonds is 8. The summed E-state index contributed by atoms with van der Waals surface area (Å²) in [6, 6.07) is 8.20. The van der Waals surface area contributed by atoms with Crippen LogP contribution in [0.2, 0.25) is 0 Å². The van der Waals surface area contributed by atoms with Crippen LogP contribution < -0.4 is 10.1 Å². The van der Waals surface area contributed by atoms with E-state index in [4.69, 9.17) is 19.2 Å². The van der Waals surface area contributed by atoms with Crippen molar-refractivity contribution in [3.05, 3.63) is 42.2 Å². The molecule has 4 rings (SSSR count). The van der Waals surface area contributed by atoms with Gasteiger partial charge >= 0.3 is 6.09 Å². The number of amides is 1. The van der Waals surface area contributed by atoms with E-state index in [1.54, 1.807) is 0 Å². The summed E-state index contributed by atoms with van der Waals surface area (Å²) in [5, 5.41) is 8.47. The second kappa shape index (κ2) is 11.3. The van der Waals surface area contributed by atoms with E-state index >= 15 is 0 Å². The van der Waals surface area contributed by atoms with Crippen molar-refractivity contribution in [1.82, 2.24) is 20.1 Å². The Kier molecular flexibility index (Phi) is 8.14.